The number of nitrogens with one attached hydrogen (secondary N) is 2. The Balaban J connectivity index is 3.74. The predicted molar refractivity (Wildman–Crippen MR) is 210 cm³/mol. The first kappa shape index (κ1) is 46.9. The molecule has 2 amide bonds. The van der Waals surface area contributed by atoms with Crippen LogP contribution in [0.15, 0.2) is 24.3 Å². The number of allylic oxidation sites excluding steroid dienone is 4. The van der Waals surface area contributed by atoms with Crippen molar-refractivity contribution in [3.8, 4) is 0 Å². The summed E-state index contributed by atoms with van der Waals surface area (Å²) in [5.41, 5.74) is 0. The van der Waals surface area contributed by atoms with E-state index in [1.54, 1.807) is 0 Å². The van der Waals surface area contributed by atoms with Gasteiger partial charge in [0.2, 0.25) is 11.8 Å². The molecule has 6 heteroatoms. The molecule has 0 aliphatic carbocycles. The molecular weight excluding hydrogens is 608 g/mol. The summed E-state index contributed by atoms with van der Waals surface area (Å²) in [4.78, 5) is 36.9. The van der Waals surface area contributed by atoms with E-state index < -0.39 is 12.0 Å². The minimum Gasteiger partial charge on any atom is -0.467 e. The molecule has 0 saturated heterocycles. The van der Waals surface area contributed by atoms with Crippen molar-refractivity contribution in [3.05, 3.63) is 24.3 Å². The molecule has 49 heavy (non-hydrogen) atoms. The minimum absolute atomic E-state index is 0.0821. The fraction of sp³-hybridized carbons (Fsp3) is 0.837. The third-order valence-electron chi connectivity index (χ3n) is 9.39. The molecule has 0 heterocycles. The molecule has 0 aromatic heterocycles. The Kier molecular flexibility index (Phi) is 37.0. The van der Waals surface area contributed by atoms with Gasteiger partial charge >= 0.3 is 5.97 Å². The van der Waals surface area contributed by atoms with Crippen LogP contribution < -0.4 is 10.6 Å². The molecule has 0 aromatic rings. The lowest BCUT2D eigenvalue weighted by Gasteiger charge is -2.16. The Bertz CT molecular complexity index is 810. The average molecular weight is 689 g/mol. The molecule has 0 aromatic carbocycles. The molecule has 0 aliphatic rings. The Morgan fingerprint density at radius 3 is 1.31 bits per heavy atom. The van der Waals surface area contributed by atoms with E-state index in [1.807, 2.05) is 0 Å². The molecule has 0 radical (unpaired) electrons. The quantitative estimate of drug-likeness (QED) is 0.0386. The van der Waals surface area contributed by atoms with Gasteiger partial charge in [0.05, 0.1) is 7.11 Å². The van der Waals surface area contributed by atoms with E-state index in [1.165, 1.54) is 136 Å². The zero-order chi connectivity index (χ0) is 35.9. The highest BCUT2D eigenvalue weighted by atomic mass is 16.5. The maximum atomic E-state index is 12.5. The van der Waals surface area contributed by atoms with Gasteiger partial charge in [0.1, 0.15) is 6.04 Å². The maximum Gasteiger partial charge on any atom is 0.328 e. The number of carbonyl (C=O) groups excluding carboxylic acids is 3. The van der Waals surface area contributed by atoms with Crippen LogP contribution in [0.2, 0.25) is 0 Å². The smallest absolute Gasteiger partial charge is 0.328 e. The maximum absolute atomic E-state index is 12.5. The lowest BCUT2D eigenvalue weighted by atomic mass is 10.1. The first-order valence-corrected chi connectivity index (χ1v) is 21.0. The van der Waals surface area contributed by atoms with E-state index in [0.29, 0.717) is 25.8 Å². The standard InChI is InChI=1S/C43H80N2O4/c1-4-6-8-10-12-14-16-18-20-22-24-26-28-30-32-37-41(46)44-39-35-34-36-40(43(48)49-3)45-42(47)38-33-31-29-27-25-23-21-19-17-15-13-11-9-7-5-2/h18-21,40H,4-17,22-39H2,1-3H3,(H,44,46)(H,45,47)/b20-18-,21-19-. The zero-order valence-electron chi connectivity index (χ0n) is 32.6. The lowest BCUT2D eigenvalue weighted by molar-refractivity contribution is -0.145. The summed E-state index contributed by atoms with van der Waals surface area (Å²) < 4.78 is 4.93. The molecule has 0 aliphatic heterocycles. The van der Waals surface area contributed by atoms with E-state index in [4.69, 9.17) is 4.74 Å². The van der Waals surface area contributed by atoms with Crippen molar-refractivity contribution in [1.29, 1.82) is 0 Å². The monoisotopic (exact) mass is 689 g/mol. The number of unbranched alkanes of at least 4 members (excludes halogenated alkanes) is 23. The number of methoxy groups -OCH3 is 1. The van der Waals surface area contributed by atoms with Crippen LogP contribution in [-0.2, 0) is 19.1 Å². The summed E-state index contributed by atoms with van der Waals surface area (Å²) in [6.45, 7) is 5.12. The van der Waals surface area contributed by atoms with Crippen LogP contribution in [0.1, 0.15) is 213 Å². The molecular formula is C43H80N2O4. The normalized spacial score (nSPS) is 12.1. The fourth-order valence-electron chi connectivity index (χ4n) is 6.16. The third kappa shape index (κ3) is 35.5. The molecule has 1 unspecified atom stereocenters. The van der Waals surface area contributed by atoms with Crippen molar-refractivity contribution < 1.29 is 19.1 Å². The van der Waals surface area contributed by atoms with E-state index in [9.17, 15) is 14.4 Å². The Morgan fingerprint density at radius 2 is 0.878 bits per heavy atom. The fourth-order valence-corrected chi connectivity index (χ4v) is 6.16. The van der Waals surface area contributed by atoms with Crippen LogP contribution in [0.25, 0.3) is 0 Å². The molecule has 0 spiro atoms. The summed E-state index contributed by atoms with van der Waals surface area (Å²) >= 11 is 0. The number of carbonyl (C=O) groups is 3. The van der Waals surface area contributed by atoms with Gasteiger partial charge in [-0.2, -0.15) is 0 Å². The second kappa shape index (κ2) is 38.7. The summed E-state index contributed by atoms with van der Waals surface area (Å²) in [7, 11) is 1.36. The largest absolute Gasteiger partial charge is 0.467 e. The van der Waals surface area contributed by atoms with Gasteiger partial charge in [0, 0.05) is 19.4 Å². The zero-order valence-corrected chi connectivity index (χ0v) is 32.6. The molecule has 0 fully saturated rings. The van der Waals surface area contributed by atoms with Gasteiger partial charge in [-0.3, -0.25) is 9.59 Å². The van der Waals surface area contributed by atoms with Crippen LogP contribution in [0.4, 0.5) is 0 Å². The van der Waals surface area contributed by atoms with Gasteiger partial charge in [0.15, 0.2) is 0 Å². The summed E-state index contributed by atoms with van der Waals surface area (Å²) in [5, 5.41) is 5.88. The Labute approximate surface area is 303 Å². The number of hydrogen-bond donors (Lipinski definition) is 2. The minimum atomic E-state index is -0.618. The predicted octanol–water partition coefficient (Wildman–Crippen LogP) is 12.0. The molecule has 286 valence electrons. The van der Waals surface area contributed by atoms with Gasteiger partial charge in [-0.1, -0.05) is 141 Å². The highest BCUT2D eigenvalue weighted by Gasteiger charge is 2.20. The van der Waals surface area contributed by atoms with Crippen molar-refractivity contribution >= 4 is 17.8 Å². The van der Waals surface area contributed by atoms with Crippen LogP contribution >= 0.6 is 0 Å². The Hall–Kier alpha value is -2.11. The van der Waals surface area contributed by atoms with Gasteiger partial charge in [-0.05, 0) is 83.5 Å². The van der Waals surface area contributed by atoms with Crippen molar-refractivity contribution in [2.75, 3.05) is 13.7 Å². The van der Waals surface area contributed by atoms with Gasteiger partial charge < -0.3 is 15.4 Å². The summed E-state index contributed by atoms with van der Waals surface area (Å²) in [6.07, 6.45) is 44.6. The number of rotatable bonds is 37. The molecule has 0 saturated carbocycles. The number of hydrogen-bond acceptors (Lipinski definition) is 4. The number of ether oxygens (including phenoxy) is 1. The van der Waals surface area contributed by atoms with Crippen molar-refractivity contribution in [2.45, 2.75) is 219 Å². The van der Waals surface area contributed by atoms with Crippen LogP contribution in [0.5, 0.6) is 0 Å². The summed E-state index contributed by atoms with van der Waals surface area (Å²) in [6, 6.07) is -0.618. The van der Waals surface area contributed by atoms with E-state index in [0.717, 1.165) is 51.4 Å². The SMILES string of the molecule is CCCCCCCC/C=C\CCCCCCCC(=O)NCCCCC(NC(=O)CCCCCCC/C=C\CCCCCCCC)C(=O)OC. The van der Waals surface area contributed by atoms with Gasteiger partial charge in [0.25, 0.3) is 0 Å². The van der Waals surface area contributed by atoms with Crippen LogP contribution in [0.3, 0.4) is 0 Å². The lowest BCUT2D eigenvalue weighted by Crippen LogP contribution is -2.41. The average Bonchev–Trinajstić information content (AvgIpc) is 3.10. The third-order valence-corrected chi connectivity index (χ3v) is 9.39. The first-order valence-electron chi connectivity index (χ1n) is 21.0. The van der Waals surface area contributed by atoms with Gasteiger partial charge in [-0.15, -0.1) is 0 Å². The molecule has 2 N–H and O–H groups in total. The summed E-state index contributed by atoms with van der Waals surface area (Å²) in [5.74, 6) is -0.372. The first-order chi connectivity index (χ1) is 24.0. The number of esters is 1. The topological polar surface area (TPSA) is 84.5 Å². The van der Waals surface area contributed by atoms with Crippen molar-refractivity contribution in [3.63, 3.8) is 0 Å². The molecule has 0 bridgehead atoms. The van der Waals surface area contributed by atoms with E-state index >= 15 is 0 Å². The second-order valence-corrected chi connectivity index (χ2v) is 14.2. The number of amides is 2. The van der Waals surface area contributed by atoms with Crippen molar-refractivity contribution in [1.82, 2.24) is 10.6 Å². The van der Waals surface area contributed by atoms with E-state index in [-0.39, 0.29) is 11.8 Å². The molecule has 1 atom stereocenters. The van der Waals surface area contributed by atoms with Crippen LogP contribution in [0, 0.1) is 0 Å². The highest BCUT2D eigenvalue weighted by molar-refractivity contribution is 5.84. The second-order valence-electron chi connectivity index (χ2n) is 14.2. The molecule has 0 rings (SSSR count). The van der Waals surface area contributed by atoms with Gasteiger partial charge in [-0.25, -0.2) is 4.79 Å². The van der Waals surface area contributed by atoms with Crippen LogP contribution in [-0.4, -0.2) is 37.5 Å². The molecule has 6 nitrogen and oxygen atoms in total. The highest BCUT2D eigenvalue weighted by Crippen LogP contribution is 2.12. The van der Waals surface area contributed by atoms with E-state index in [2.05, 4.69) is 48.8 Å². The Morgan fingerprint density at radius 1 is 0.490 bits per heavy atom. The van der Waals surface area contributed by atoms with Crippen molar-refractivity contribution in [2.24, 2.45) is 0 Å².